The number of aromatic hydroxyl groups is 2. The molecule has 0 bridgehead atoms. The first-order chi connectivity index (χ1) is 17.7. The molecule has 0 spiro atoms. The highest BCUT2D eigenvalue weighted by Gasteiger charge is 2.22. The minimum absolute atomic E-state index is 0.0407. The van der Waals surface area contributed by atoms with Crippen molar-refractivity contribution >= 4 is 45.3 Å². The first-order valence-electron chi connectivity index (χ1n) is 11.4. The summed E-state index contributed by atoms with van der Waals surface area (Å²) in [6.07, 6.45) is 1.68. The summed E-state index contributed by atoms with van der Waals surface area (Å²) >= 11 is 0. The Morgan fingerprint density at radius 3 is 1.46 bits per heavy atom. The molecule has 4 aromatic rings. The number of carbonyl (C=O) groups is 4. The number of amides is 2. The van der Waals surface area contributed by atoms with Crippen LogP contribution < -0.4 is 5.32 Å². The average Bonchev–Trinajstić information content (AvgIpc) is 2.86. The molecule has 1 fully saturated rings. The molecule has 5 N–H and O–H groups in total. The third-order valence-corrected chi connectivity index (χ3v) is 6.15. The Balaban J connectivity index is 0.000000342. The fourth-order valence-corrected chi connectivity index (χ4v) is 4.37. The monoisotopic (exact) mass is 501 g/mol. The van der Waals surface area contributed by atoms with E-state index < -0.39 is 23.4 Å². The van der Waals surface area contributed by atoms with Crippen molar-refractivity contribution in [3.05, 3.63) is 82.9 Å². The quantitative estimate of drug-likeness (QED) is 0.260. The largest absolute Gasteiger partial charge is 0.507 e. The number of piperidine rings is 1. The zero-order valence-corrected chi connectivity index (χ0v) is 19.5. The topological polar surface area (TPSA) is 161 Å². The molecular weight excluding hydrogens is 478 g/mol. The number of hydrogen-bond donors (Lipinski definition) is 5. The minimum atomic E-state index is -1.28. The van der Waals surface area contributed by atoms with E-state index in [0.717, 1.165) is 0 Å². The smallest absolute Gasteiger partial charge is 0.339 e. The fraction of sp³-hybridized carbons (Fsp3) is 0.143. The first-order valence-corrected chi connectivity index (χ1v) is 11.4. The lowest BCUT2D eigenvalue weighted by Crippen LogP contribution is -2.33. The highest BCUT2D eigenvalue weighted by molar-refractivity contribution is 6.02. The summed E-state index contributed by atoms with van der Waals surface area (Å²) in [6, 6.07) is 16.8. The zero-order valence-electron chi connectivity index (χ0n) is 19.5. The molecular formula is C28H23NO8. The van der Waals surface area contributed by atoms with E-state index in [2.05, 4.69) is 5.32 Å². The number of imide groups is 1. The van der Waals surface area contributed by atoms with Gasteiger partial charge in [-0.1, -0.05) is 48.5 Å². The number of nitrogens with one attached hydrogen (secondary N) is 1. The molecule has 0 atom stereocenters. The van der Waals surface area contributed by atoms with Gasteiger partial charge in [-0.05, 0) is 40.1 Å². The number of rotatable bonds is 4. The van der Waals surface area contributed by atoms with Crippen LogP contribution in [-0.4, -0.2) is 44.2 Å². The summed E-state index contributed by atoms with van der Waals surface area (Å²) in [5.74, 6) is -3.63. The van der Waals surface area contributed by atoms with Crippen LogP contribution in [0.5, 0.6) is 11.5 Å². The van der Waals surface area contributed by atoms with Crippen LogP contribution in [0.3, 0.4) is 0 Å². The van der Waals surface area contributed by atoms with Crippen molar-refractivity contribution in [2.45, 2.75) is 25.7 Å². The molecule has 1 saturated heterocycles. The van der Waals surface area contributed by atoms with Gasteiger partial charge in [-0.3, -0.25) is 14.9 Å². The lowest BCUT2D eigenvalue weighted by molar-refractivity contribution is -0.132. The van der Waals surface area contributed by atoms with E-state index in [-0.39, 0.29) is 29.4 Å². The second-order valence-corrected chi connectivity index (χ2v) is 8.56. The Morgan fingerprint density at radius 2 is 1.11 bits per heavy atom. The molecule has 9 nitrogen and oxygen atoms in total. The van der Waals surface area contributed by atoms with Crippen molar-refractivity contribution in [1.82, 2.24) is 5.32 Å². The Labute approximate surface area is 210 Å². The summed E-state index contributed by atoms with van der Waals surface area (Å²) in [5.41, 5.74) is 0.112. The summed E-state index contributed by atoms with van der Waals surface area (Å²) in [5, 5.41) is 45.0. The van der Waals surface area contributed by atoms with Crippen LogP contribution in [0.1, 0.15) is 51.1 Å². The number of carboxylic acid groups (broad SMARTS) is 2. The number of carbonyl (C=O) groups excluding carboxylic acids is 2. The predicted molar refractivity (Wildman–Crippen MR) is 135 cm³/mol. The molecule has 1 aliphatic rings. The summed E-state index contributed by atoms with van der Waals surface area (Å²) in [4.78, 5) is 43.9. The second-order valence-electron chi connectivity index (χ2n) is 8.56. The lowest BCUT2D eigenvalue weighted by Gasteiger charge is -2.16. The van der Waals surface area contributed by atoms with E-state index in [1.54, 1.807) is 48.5 Å². The molecule has 0 aromatic heterocycles. The van der Waals surface area contributed by atoms with Crippen LogP contribution >= 0.6 is 0 Å². The van der Waals surface area contributed by atoms with Gasteiger partial charge in [0.2, 0.25) is 11.8 Å². The SMILES string of the molecule is O=C(O)c1cc2ccccc2c(Cc2c(O)c(C(=O)O)cc3ccccc23)c1O.O=C1CCCC(=O)N1. The maximum Gasteiger partial charge on any atom is 0.339 e. The Kier molecular flexibility index (Phi) is 7.06. The average molecular weight is 501 g/mol. The van der Waals surface area contributed by atoms with Gasteiger partial charge in [-0.2, -0.15) is 0 Å². The van der Waals surface area contributed by atoms with E-state index in [1.165, 1.54) is 12.1 Å². The van der Waals surface area contributed by atoms with Gasteiger partial charge in [0.1, 0.15) is 22.6 Å². The Hall–Kier alpha value is -4.92. The van der Waals surface area contributed by atoms with Crippen LogP contribution in [0.2, 0.25) is 0 Å². The van der Waals surface area contributed by atoms with Crippen LogP contribution in [-0.2, 0) is 16.0 Å². The Morgan fingerprint density at radius 1 is 0.703 bits per heavy atom. The van der Waals surface area contributed by atoms with Gasteiger partial charge in [-0.15, -0.1) is 0 Å². The molecule has 0 unspecified atom stereocenters. The van der Waals surface area contributed by atoms with Gasteiger partial charge in [0.05, 0.1) is 0 Å². The van der Waals surface area contributed by atoms with Crippen LogP contribution in [0.4, 0.5) is 0 Å². The molecule has 188 valence electrons. The van der Waals surface area contributed by atoms with Crippen molar-refractivity contribution < 1.29 is 39.6 Å². The zero-order chi connectivity index (χ0) is 26.7. The standard InChI is InChI=1S/C23H16O6.C5H7NO2/c24-20-16(14-7-3-1-5-12(14)9-18(20)22(26)27)11-17-15-8-4-2-6-13(15)10-19(21(17)25)23(28)29;7-4-2-1-3-5(8)6-4/h1-10,24-25H,11H2,(H,26,27)(H,28,29);1-3H2,(H,6,7,8). The molecule has 1 aliphatic heterocycles. The van der Waals surface area contributed by atoms with Crippen molar-refractivity contribution in [3.63, 3.8) is 0 Å². The first kappa shape index (κ1) is 25.2. The number of phenols is 2. The molecule has 9 heteroatoms. The molecule has 0 saturated carbocycles. The molecule has 1 heterocycles. The maximum absolute atomic E-state index is 11.6. The van der Waals surface area contributed by atoms with Gasteiger partial charge in [0, 0.05) is 30.4 Å². The van der Waals surface area contributed by atoms with Crippen molar-refractivity contribution in [1.29, 1.82) is 0 Å². The van der Waals surface area contributed by atoms with E-state index >= 15 is 0 Å². The maximum atomic E-state index is 11.6. The highest BCUT2D eigenvalue weighted by atomic mass is 16.4. The molecule has 5 rings (SSSR count). The van der Waals surface area contributed by atoms with Crippen LogP contribution in [0, 0.1) is 0 Å². The fourth-order valence-electron chi connectivity index (χ4n) is 4.37. The molecule has 2 amide bonds. The predicted octanol–water partition coefficient (Wildman–Crippen LogP) is 4.20. The minimum Gasteiger partial charge on any atom is -0.507 e. The molecule has 37 heavy (non-hydrogen) atoms. The number of benzene rings is 4. The van der Waals surface area contributed by atoms with Crippen LogP contribution in [0.15, 0.2) is 60.7 Å². The lowest BCUT2D eigenvalue weighted by atomic mass is 9.90. The summed E-state index contributed by atoms with van der Waals surface area (Å²) < 4.78 is 0. The summed E-state index contributed by atoms with van der Waals surface area (Å²) in [7, 11) is 0. The number of hydrogen-bond acceptors (Lipinski definition) is 6. The number of carboxylic acids is 2. The highest BCUT2D eigenvalue weighted by Crippen LogP contribution is 2.38. The van der Waals surface area contributed by atoms with E-state index in [9.17, 15) is 39.6 Å². The van der Waals surface area contributed by atoms with Gasteiger partial charge >= 0.3 is 11.9 Å². The van der Waals surface area contributed by atoms with Crippen molar-refractivity contribution in [3.8, 4) is 11.5 Å². The molecule has 4 aromatic carbocycles. The third-order valence-electron chi connectivity index (χ3n) is 6.15. The van der Waals surface area contributed by atoms with Gasteiger partial charge < -0.3 is 20.4 Å². The van der Waals surface area contributed by atoms with E-state index in [4.69, 9.17) is 0 Å². The number of fused-ring (bicyclic) bond motifs is 2. The van der Waals surface area contributed by atoms with E-state index in [0.29, 0.717) is 51.9 Å². The van der Waals surface area contributed by atoms with Crippen molar-refractivity contribution in [2.75, 3.05) is 0 Å². The molecule has 0 radical (unpaired) electrons. The normalized spacial score (nSPS) is 13.1. The van der Waals surface area contributed by atoms with Gasteiger partial charge in [0.25, 0.3) is 0 Å². The molecule has 0 aliphatic carbocycles. The van der Waals surface area contributed by atoms with Gasteiger partial charge in [0.15, 0.2) is 0 Å². The van der Waals surface area contributed by atoms with E-state index in [1.807, 2.05) is 0 Å². The number of aromatic carboxylic acids is 2. The van der Waals surface area contributed by atoms with Crippen molar-refractivity contribution in [2.24, 2.45) is 0 Å². The van der Waals surface area contributed by atoms with Crippen LogP contribution in [0.25, 0.3) is 21.5 Å². The Bertz CT molecular complexity index is 1460. The summed E-state index contributed by atoms with van der Waals surface area (Å²) in [6.45, 7) is 0. The van der Waals surface area contributed by atoms with Gasteiger partial charge in [-0.25, -0.2) is 9.59 Å². The third kappa shape index (κ3) is 5.20. The second kappa shape index (κ2) is 10.4.